The number of nitrogens with one attached hydrogen (secondary N) is 1. The van der Waals surface area contributed by atoms with Crippen LogP contribution >= 0.6 is 12.4 Å². The molecule has 2 unspecified atom stereocenters. The van der Waals surface area contributed by atoms with E-state index in [9.17, 15) is 13.5 Å². The third-order valence-corrected chi connectivity index (χ3v) is 6.78. The molecule has 0 amide bonds. The highest BCUT2D eigenvalue weighted by Crippen LogP contribution is 2.42. The van der Waals surface area contributed by atoms with Crippen molar-refractivity contribution in [1.29, 1.82) is 0 Å². The first-order chi connectivity index (χ1) is 14.0. The third kappa shape index (κ3) is 5.71. The lowest BCUT2D eigenvalue weighted by molar-refractivity contribution is -0.0643. The van der Waals surface area contributed by atoms with Crippen molar-refractivity contribution < 1.29 is 18.3 Å². The van der Waals surface area contributed by atoms with Crippen LogP contribution in [0.1, 0.15) is 44.9 Å². The maximum Gasteiger partial charge on any atom is 0.232 e. The van der Waals surface area contributed by atoms with Crippen LogP contribution in [0.25, 0.3) is 0 Å². The van der Waals surface area contributed by atoms with Crippen LogP contribution < -0.4 is 14.4 Å². The van der Waals surface area contributed by atoms with Gasteiger partial charge >= 0.3 is 0 Å². The summed E-state index contributed by atoms with van der Waals surface area (Å²) in [6.07, 6.45) is 1.30. The van der Waals surface area contributed by atoms with E-state index in [1.807, 2.05) is 52.0 Å². The zero-order valence-electron chi connectivity index (χ0n) is 18.7. The smallest absolute Gasteiger partial charge is 0.232 e. The van der Waals surface area contributed by atoms with Gasteiger partial charge in [-0.1, -0.05) is 36.4 Å². The van der Waals surface area contributed by atoms with E-state index in [4.69, 9.17) is 4.74 Å². The average molecular weight is 469 g/mol. The molecule has 0 fully saturated rings. The number of rotatable bonds is 7. The van der Waals surface area contributed by atoms with E-state index >= 15 is 0 Å². The van der Waals surface area contributed by atoms with Gasteiger partial charge in [-0.25, -0.2) is 8.42 Å². The summed E-state index contributed by atoms with van der Waals surface area (Å²) in [4.78, 5) is 0. The van der Waals surface area contributed by atoms with Crippen LogP contribution in [0.15, 0.2) is 48.5 Å². The fraction of sp³-hybridized carbons (Fsp3) is 0.478. The number of aliphatic hydroxyl groups is 1. The van der Waals surface area contributed by atoms with Crippen LogP contribution in [-0.4, -0.2) is 44.1 Å². The van der Waals surface area contributed by atoms with Gasteiger partial charge in [-0.15, -0.1) is 12.4 Å². The number of nitrogens with zero attached hydrogens (tertiary/aromatic N) is 1. The largest absolute Gasteiger partial charge is 0.485 e. The van der Waals surface area contributed by atoms with Crippen molar-refractivity contribution in [3.8, 4) is 5.75 Å². The van der Waals surface area contributed by atoms with Crippen LogP contribution in [-0.2, 0) is 16.4 Å². The molecule has 2 aromatic carbocycles. The zero-order valence-corrected chi connectivity index (χ0v) is 20.3. The Morgan fingerprint density at radius 1 is 1.16 bits per heavy atom. The average Bonchev–Trinajstić information content (AvgIpc) is 2.64. The lowest BCUT2D eigenvalue weighted by Crippen LogP contribution is -2.52. The normalized spacial score (nSPS) is 19.8. The van der Waals surface area contributed by atoms with Crippen LogP contribution in [0.5, 0.6) is 5.75 Å². The van der Waals surface area contributed by atoms with Gasteiger partial charge in [0.05, 0.1) is 18.0 Å². The minimum absolute atomic E-state index is 0. The van der Waals surface area contributed by atoms with Crippen molar-refractivity contribution in [2.45, 2.75) is 57.9 Å². The third-order valence-electron chi connectivity index (χ3n) is 5.43. The highest BCUT2D eigenvalue weighted by atomic mass is 35.5. The monoisotopic (exact) mass is 468 g/mol. The Bertz CT molecular complexity index is 980. The van der Waals surface area contributed by atoms with Crippen molar-refractivity contribution in [3.63, 3.8) is 0 Å². The summed E-state index contributed by atoms with van der Waals surface area (Å²) >= 11 is 0. The Morgan fingerprint density at radius 2 is 1.81 bits per heavy atom. The molecule has 2 N–H and O–H groups in total. The molecule has 2 atom stereocenters. The number of anilines is 1. The van der Waals surface area contributed by atoms with E-state index in [1.165, 1.54) is 16.1 Å². The molecule has 0 aliphatic carbocycles. The van der Waals surface area contributed by atoms with E-state index < -0.39 is 21.7 Å². The number of benzene rings is 2. The summed E-state index contributed by atoms with van der Waals surface area (Å²) in [7, 11) is -3.43. The molecule has 1 aliphatic heterocycles. The second-order valence-electron chi connectivity index (χ2n) is 8.69. The quantitative estimate of drug-likeness (QED) is 0.647. The summed E-state index contributed by atoms with van der Waals surface area (Å²) in [6.45, 7) is 8.06. The molecule has 8 heteroatoms. The molecule has 0 aromatic heterocycles. The fourth-order valence-corrected chi connectivity index (χ4v) is 5.29. The second kappa shape index (κ2) is 9.77. The molecule has 1 aliphatic rings. The number of hydrogen-bond donors (Lipinski definition) is 2. The molecular formula is C23H33ClN2O4S. The van der Waals surface area contributed by atoms with Crippen LogP contribution in [0.2, 0.25) is 0 Å². The minimum atomic E-state index is -3.43. The first-order valence-electron chi connectivity index (χ1n) is 10.3. The molecule has 2 aromatic rings. The molecular weight excluding hydrogens is 436 g/mol. The molecule has 172 valence electrons. The highest BCUT2D eigenvalue weighted by Gasteiger charge is 2.43. The zero-order chi connectivity index (χ0) is 22.1. The Kier molecular flexibility index (Phi) is 8.03. The predicted molar refractivity (Wildman–Crippen MR) is 128 cm³/mol. The van der Waals surface area contributed by atoms with Gasteiger partial charge in [0.25, 0.3) is 0 Å². The standard InChI is InChI=1S/C23H32N2O4S.ClH/c1-16(2)25(30(5,27)28)18-11-12-19-20(15-18)29-23(3,4)22(26)21(19)24-14-13-17-9-7-6-8-10-17;/h6-12,15-16,21-22,24,26H,13-14H2,1-5H3;1H. The van der Waals surface area contributed by atoms with E-state index in [0.717, 1.165) is 12.0 Å². The van der Waals surface area contributed by atoms with E-state index in [2.05, 4.69) is 17.4 Å². The maximum atomic E-state index is 12.3. The van der Waals surface area contributed by atoms with E-state index in [-0.39, 0.29) is 24.5 Å². The number of hydrogen-bond acceptors (Lipinski definition) is 5. The second-order valence-corrected chi connectivity index (χ2v) is 10.6. The maximum absolute atomic E-state index is 12.3. The topological polar surface area (TPSA) is 78.9 Å². The van der Waals surface area contributed by atoms with Gasteiger partial charge in [0.1, 0.15) is 17.5 Å². The van der Waals surface area contributed by atoms with Crippen LogP contribution in [0.3, 0.4) is 0 Å². The molecule has 0 saturated heterocycles. The van der Waals surface area contributed by atoms with Gasteiger partial charge in [0.2, 0.25) is 10.0 Å². The molecule has 6 nitrogen and oxygen atoms in total. The summed E-state index contributed by atoms with van der Waals surface area (Å²) in [5, 5.41) is 14.4. The molecule has 0 bridgehead atoms. The summed E-state index contributed by atoms with van der Waals surface area (Å²) < 4.78 is 32.1. The Morgan fingerprint density at radius 3 is 2.39 bits per heavy atom. The van der Waals surface area contributed by atoms with Crippen molar-refractivity contribution in [1.82, 2.24) is 5.32 Å². The first-order valence-corrected chi connectivity index (χ1v) is 12.1. The van der Waals surface area contributed by atoms with Crippen molar-refractivity contribution in [2.75, 3.05) is 17.1 Å². The Hall–Kier alpha value is -1.80. The highest BCUT2D eigenvalue weighted by molar-refractivity contribution is 7.92. The summed E-state index contributed by atoms with van der Waals surface area (Å²) in [5.74, 6) is 0.592. The SMILES string of the molecule is CC(C)N(c1ccc2c(c1)OC(C)(C)C(O)C2NCCc1ccccc1)S(C)(=O)=O.Cl. The molecule has 0 spiro atoms. The molecule has 1 heterocycles. The van der Waals surface area contributed by atoms with Gasteiger partial charge in [-0.05, 0) is 52.3 Å². The number of sulfonamides is 1. The van der Waals surface area contributed by atoms with Gasteiger partial charge in [-0.2, -0.15) is 0 Å². The van der Waals surface area contributed by atoms with Gasteiger partial charge in [-0.3, -0.25) is 4.31 Å². The minimum Gasteiger partial charge on any atom is -0.485 e. The van der Waals surface area contributed by atoms with E-state index in [0.29, 0.717) is 18.0 Å². The predicted octanol–water partition coefficient (Wildman–Crippen LogP) is 3.69. The number of ether oxygens (including phenoxy) is 1. The van der Waals surface area contributed by atoms with Crippen LogP contribution in [0.4, 0.5) is 5.69 Å². The fourth-order valence-electron chi connectivity index (χ4n) is 4.03. The molecule has 3 rings (SSSR count). The lowest BCUT2D eigenvalue weighted by atomic mass is 9.86. The molecule has 31 heavy (non-hydrogen) atoms. The Labute approximate surface area is 192 Å². The summed E-state index contributed by atoms with van der Waals surface area (Å²) in [5.41, 5.74) is 1.79. The van der Waals surface area contributed by atoms with Crippen LogP contribution in [0, 0.1) is 0 Å². The van der Waals surface area contributed by atoms with Crippen molar-refractivity contribution >= 4 is 28.1 Å². The van der Waals surface area contributed by atoms with Gasteiger partial charge in [0.15, 0.2) is 0 Å². The van der Waals surface area contributed by atoms with E-state index in [1.54, 1.807) is 12.1 Å². The number of halogens is 1. The number of fused-ring (bicyclic) bond motifs is 1. The van der Waals surface area contributed by atoms with Gasteiger partial charge in [0, 0.05) is 17.7 Å². The van der Waals surface area contributed by atoms with Crippen molar-refractivity contribution in [3.05, 3.63) is 59.7 Å². The first kappa shape index (κ1) is 25.5. The molecule has 0 radical (unpaired) electrons. The number of aliphatic hydroxyl groups excluding tert-OH is 1. The molecule has 0 saturated carbocycles. The summed E-state index contributed by atoms with van der Waals surface area (Å²) in [6, 6.07) is 15.0. The van der Waals surface area contributed by atoms with Crippen molar-refractivity contribution in [2.24, 2.45) is 0 Å². The lowest BCUT2D eigenvalue weighted by Gasteiger charge is -2.43. The Balaban J connectivity index is 0.00000341. The van der Waals surface area contributed by atoms with Gasteiger partial charge < -0.3 is 15.2 Å².